The molecule has 2 atom stereocenters. The maximum Gasteiger partial charge on any atom is 0.395 e. The lowest BCUT2D eigenvalue weighted by Crippen LogP contribution is -2.59. The highest BCUT2D eigenvalue weighted by Crippen LogP contribution is 2.46. The first-order valence-corrected chi connectivity index (χ1v) is 15.0. The second kappa shape index (κ2) is 10.8. The van der Waals surface area contributed by atoms with Crippen molar-refractivity contribution in [1.29, 1.82) is 0 Å². The molecule has 2 unspecified atom stereocenters. The van der Waals surface area contributed by atoms with Crippen molar-refractivity contribution >= 4 is 29.1 Å². The van der Waals surface area contributed by atoms with Gasteiger partial charge in [-0.2, -0.15) is 18.2 Å². The Hall–Kier alpha value is -3.59. The Balaban J connectivity index is 0.987. The fraction of sp³-hybridized carbons (Fsp3) is 0.643. The van der Waals surface area contributed by atoms with Crippen LogP contribution in [0.3, 0.4) is 0 Å². The summed E-state index contributed by atoms with van der Waals surface area (Å²) in [6.07, 6.45) is 1.26. The van der Waals surface area contributed by atoms with Crippen LogP contribution in [-0.4, -0.2) is 125 Å². The first-order valence-electron chi connectivity index (χ1n) is 15.0. The van der Waals surface area contributed by atoms with E-state index in [4.69, 9.17) is 4.98 Å². The Morgan fingerprint density at radius 3 is 2.47 bits per heavy atom. The average Bonchev–Trinajstić information content (AvgIpc) is 3.62. The number of fused-ring (bicyclic) bond motifs is 3. The molecule has 232 valence electrons. The van der Waals surface area contributed by atoms with Crippen LogP contribution < -0.4 is 15.6 Å². The second-order valence-corrected chi connectivity index (χ2v) is 12.5. The van der Waals surface area contributed by atoms with Crippen LogP contribution in [0.25, 0.3) is 5.65 Å². The third-order valence-electron chi connectivity index (χ3n) is 9.68. The highest BCUT2D eigenvalue weighted by Gasteiger charge is 2.53. The maximum atomic E-state index is 13.2. The molecule has 1 aliphatic carbocycles. The Morgan fingerprint density at radius 1 is 1.05 bits per heavy atom. The van der Waals surface area contributed by atoms with Gasteiger partial charge in [-0.05, 0) is 43.9 Å². The normalized spacial score (nSPS) is 26.7. The van der Waals surface area contributed by atoms with E-state index in [0.717, 1.165) is 50.4 Å². The SMILES string of the molecule is CN1CCN(C(=O)CN2C=C(Nc3nc4c(N5CC6CCC(C5)C6C(=O)N5CC(C(F)(F)F)C5)cccn4n3)CN2)CC1. The molecule has 1 saturated carbocycles. The predicted octanol–water partition coefficient (Wildman–Crippen LogP) is 1.06. The summed E-state index contributed by atoms with van der Waals surface area (Å²) < 4.78 is 40.7. The highest BCUT2D eigenvalue weighted by molar-refractivity contribution is 5.81. The van der Waals surface area contributed by atoms with Crippen molar-refractivity contribution in [3.8, 4) is 0 Å². The van der Waals surface area contributed by atoms with Gasteiger partial charge in [0, 0.05) is 70.7 Å². The van der Waals surface area contributed by atoms with E-state index < -0.39 is 12.1 Å². The van der Waals surface area contributed by atoms with E-state index in [1.54, 1.807) is 9.52 Å². The van der Waals surface area contributed by atoms with Crippen LogP contribution in [0, 0.1) is 23.7 Å². The van der Waals surface area contributed by atoms with Crippen LogP contribution in [-0.2, 0) is 9.59 Å². The third kappa shape index (κ3) is 5.48. The minimum atomic E-state index is -4.24. The molecule has 15 heteroatoms. The van der Waals surface area contributed by atoms with Gasteiger partial charge in [0.05, 0.1) is 23.8 Å². The summed E-state index contributed by atoms with van der Waals surface area (Å²) in [4.78, 5) is 38.4. The standard InChI is InChI=1S/C28H37F3N10O2/c1-36-7-9-37(10-8-36)23(42)17-40-16-21(11-32-40)33-27-34-25-22(3-2-6-41(25)35-27)38-12-18-4-5-19(13-38)24(18)26(43)39-14-20(15-39)28(29,30)31/h2-3,6,16,18-20,24,32H,4-5,7-15,17H2,1H3,(H,33,35). The van der Waals surface area contributed by atoms with Crippen LogP contribution >= 0.6 is 0 Å². The zero-order chi connectivity index (χ0) is 29.9. The number of likely N-dealkylation sites (N-methyl/N-ethyl adjacent to an activating group) is 1. The van der Waals surface area contributed by atoms with E-state index in [9.17, 15) is 22.8 Å². The zero-order valence-corrected chi connectivity index (χ0v) is 24.1. The largest absolute Gasteiger partial charge is 0.395 e. The summed E-state index contributed by atoms with van der Waals surface area (Å²) in [5.41, 5.74) is 5.68. The van der Waals surface area contributed by atoms with Crippen LogP contribution in [0.2, 0.25) is 0 Å². The van der Waals surface area contributed by atoms with Crippen molar-refractivity contribution < 1.29 is 22.8 Å². The fourth-order valence-electron chi connectivity index (χ4n) is 7.18. The molecule has 2 N–H and O–H groups in total. The van der Waals surface area contributed by atoms with E-state index in [0.29, 0.717) is 31.2 Å². The summed E-state index contributed by atoms with van der Waals surface area (Å²) >= 11 is 0. The Labute approximate surface area is 247 Å². The number of piperazine rings is 1. The van der Waals surface area contributed by atoms with Gasteiger partial charge in [0.2, 0.25) is 17.8 Å². The number of rotatable bonds is 6. The number of carbonyl (C=O) groups excluding carboxylic acids is 2. The lowest BCUT2D eigenvalue weighted by molar-refractivity contribution is -0.211. The van der Waals surface area contributed by atoms with E-state index in [1.807, 2.05) is 29.4 Å². The molecule has 4 fully saturated rings. The minimum absolute atomic E-state index is 0.0865. The van der Waals surface area contributed by atoms with Gasteiger partial charge < -0.3 is 29.9 Å². The van der Waals surface area contributed by atoms with Crippen molar-refractivity contribution in [1.82, 2.24) is 39.7 Å². The van der Waals surface area contributed by atoms with Gasteiger partial charge in [0.25, 0.3) is 0 Å². The van der Waals surface area contributed by atoms with Crippen LogP contribution in [0.4, 0.5) is 24.8 Å². The molecular formula is C28H37F3N10O2. The van der Waals surface area contributed by atoms with Gasteiger partial charge in [0.15, 0.2) is 5.65 Å². The second-order valence-electron chi connectivity index (χ2n) is 12.5. The van der Waals surface area contributed by atoms with Crippen molar-refractivity contribution in [2.75, 3.05) is 82.7 Å². The molecule has 0 spiro atoms. The van der Waals surface area contributed by atoms with Crippen LogP contribution in [0.15, 0.2) is 30.2 Å². The zero-order valence-electron chi connectivity index (χ0n) is 24.1. The van der Waals surface area contributed by atoms with Crippen molar-refractivity contribution in [2.45, 2.75) is 19.0 Å². The number of piperidine rings is 1. The average molecular weight is 603 g/mol. The molecule has 43 heavy (non-hydrogen) atoms. The summed E-state index contributed by atoms with van der Waals surface area (Å²) in [5, 5.41) is 9.67. The van der Waals surface area contributed by atoms with Crippen molar-refractivity contribution in [2.24, 2.45) is 23.7 Å². The molecule has 3 saturated heterocycles. The molecule has 2 amide bonds. The number of hydrogen-bond donors (Lipinski definition) is 2. The van der Waals surface area contributed by atoms with E-state index in [-0.39, 0.29) is 49.2 Å². The molecule has 2 aromatic heterocycles. The number of halogens is 3. The number of nitrogens with zero attached hydrogens (tertiary/aromatic N) is 8. The first-order chi connectivity index (χ1) is 20.6. The van der Waals surface area contributed by atoms with Gasteiger partial charge in [0.1, 0.15) is 6.54 Å². The predicted molar refractivity (Wildman–Crippen MR) is 152 cm³/mol. The molecule has 0 aromatic carbocycles. The third-order valence-corrected chi connectivity index (χ3v) is 9.68. The lowest BCUT2D eigenvalue weighted by Gasteiger charge is -2.45. The number of carbonyl (C=O) groups is 2. The lowest BCUT2D eigenvalue weighted by atomic mass is 9.82. The molecular weight excluding hydrogens is 565 g/mol. The number of hydrogen-bond acceptors (Lipinski definition) is 9. The Morgan fingerprint density at radius 2 is 1.77 bits per heavy atom. The fourth-order valence-corrected chi connectivity index (χ4v) is 7.18. The molecule has 2 aromatic rings. The number of hydrazine groups is 1. The van der Waals surface area contributed by atoms with Crippen LogP contribution in [0.5, 0.6) is 0 Å². The topological polar surface area (TPSA) is 105 Å². The smallest absolute Gasteiger partial charge is 0.368 e. The quantitative estimate of drug-likeness (QED) is 0.503. The monoisotopic (exact) mass is 602 g/mol. The summed E-state index contributed by atoms with van der Waals surface area (Å²) in [6, 6.07) is 3.92. The summed E-state index contributed by atoms with van der Waals surface area (Å²) in [5.74, 6) is -0.990. The van der Waals surface area contributed by atoms with Gasteiger partial charge >= 0.3 is 6.18 Å². The van der Waals surface area contributed by atoms with Crippen molar-refractivity contribution in [3.63, 3.8) is 0 Å². The molecule has 12 nitrogen and oxygen atoms in total. The summed E-state index contributed by atoms with van der Waals surface area (Å²) in [7, 11) is 2.06. The molecule has 2 bridgehead atoms. The molecule has 7 rings (SSSR count). The number of amides is 2. The molecule has 0 radical (unpaired) electrons. The molecule has 4 aliphatic heterocycles. The number of aromatic nitrogens is 3. The van der Waals surface area contributed by atoms with Gasteiger partial charge in [-0.3, -0.25) is 9.59 Å². The number of anilines is 2. The van der Waals surface area contributed by atoms with E-state index in [2.05, 4.69) is 32.7 Å². The van der Waals surface area contributed by atoms with Gasteiger partial charge in [-0.15, -0.1) is 5.10 Å². The number of pyridine rings is 1. The highest BCUT2D eigenvalue weighted by atomic mass is 19.4. The molecule has 5 aliphatic rings. The van der Waals surface area contributed by atoms with E-state index >= 15 is 0 Å². The first kappa shape index (κ1) is 28.2. The van der Waals surface area contributed by atoms with Gasteiger partial charge in [-0.25, -0.2) is 9.94 Å². The van der Waals surface area contributed by atoms with E-state index in [1.165, 1.54) is 4.90 Å². The van der Waals surface area contributed by atoms with Crippen LogP contribution in [0.1, 0.15) is 12.8 Å². The maximum absolute atomic E-state index is 13.2. The number of nitrogens with one attached hydrogen (secondary N) is 2. The van der Waals surface area contributed by atoms with Crippen molar-refractivity contribution in [3.05, 3.63) is 30.2 Å². The van der Waals surface area contributed by atoms with Gasteiger partial charge in [-0.1, -0.05) is 0 Å². The number of likely N-dealkylation sites (tertiary alicyclic amines) is 1. The summed E-state index contributed by atoms with van der Waals surface area (Å²) in [6.45, 7) is 4.89. The Bertz CT molecular complexity index is 1400. The number of alkyl halides is 3. The molecule has 6 heterocycles. The Kier molecular flexibility index (Phi) is 7.11. The minimum Gasteiger partial charge on any atom is -0.368 e.